The van der Waals surface area contributed by atoms with E-state index in [1.807, 2.05) is 36.4 Å². The van der Waals surface area contributed by atoms with Gasteiger partial charge in [0.15, 0.2) is 0 Å². The van der Waals surface area contributed by atoms with Crippen molar-refractivity contribution in [1.82, 2.24) is 10.3 Å². The van der Waals surface area contributed by atoms with Crippen LogP contribution < -0.4 is 15.8 Å². The molecule has 0 radical (unpaired) electrons. The van der Waals surface area contributed by atoms with Gasteiger partial charge in [-0.15, -0.1) is 0 Å². The van der Waals surface area contributed by atoms with Gasteiger partial charge in [0, 0.05) is 6.54 Å². The summed E-state index contributed by atoms with van der Waals surface area (Å²) in [6.07, 6.45) is 2.25. The maximum atomic E-state index is 13.0. The van der Waals surface area contributed by atoms with E-state index in [0.29, 0.717) is 18.2 Å². The third-order valence-electron chi connectivity index (χ3n) is 5.08. The Morgan fingerprint density at radius 2 is 1.60 bits per heavy atom. The highest BCUT2D eigenvalue weighted by Gasteiger charge is 2.11. The van der Waals surface area contributed by atoms with Gasteiger partial charge in [0.25, 0.3) is 5.91 Å². The van der Waals surface area contributed by atoms with Gasteiger partial charge < -0.3 is 15.8 Å². The molecule has 1 amide bonds. The normalized spacial score (nSPS) is 10.8. The summed E-state index contributed by atoms with van der Waals surface area (Å²) in [4.78, 5) is 15.7. The van der Waals surface area contributed by atoms with Crippen molar-refractivity contribution in [2.45, 2.75) is 39.2 Å². The molecular weight excluding hydrogens is 381 g/mol. The largest absolute Gasteiger partial charge is 0.457 e. The third kappa shape index (κ3) is 5.35. The summed E-state index contributed by atoms with van der Waals surface area (Å²) in [5.41, 5.74) is 7.97. The molecule has 1 heterocycles. The Bertz CT molecular complexity index is 984. The first-order valence-electron chi connectivity index (χ1n) is 10.1. The lowest BCUT2D eigenvalue weighted by atomic mass is 9.94. The van der Waals surface area contributed by atoms with E-state index in [1.165, 1.54) is 11.6 Å². The maximum absolute atomic E-state index is 13.0. The second kappa shape index (κ2) is 9.87. The lowest BCUT2D eigenvalue weighted by Gasteiger charge is -2.13. The number of aromatic nitrogens is 1. The average Bonchev–Trinajstić information content (AvgIpc) is 2.75. The summed E-state index contributed by atoms with van der Waals surface area (Å²) in [6, 6.07) is 18.1. The number of nitrogens with one attached hydrogen (secondary N) is 1. The topological polar surface area (TPSA) is 77.2 Å². The predicted molar refractivity (Wildman–Crippen MR) is 116 cm³/mol. The number of hydrogen-bond donors (Lipinski definition) is 2. The SMILES string of the molecule is CCC(CC)c1ccc(Oc2ccc(CNC(=O)c3ccc(F)nc3N)cc2)cc1. The standard InChI is InChI=1S/C24H26FN3O2/c1-3-17(4-2)18-7-11-20(12-8-18)30-19-9-5-16(6-10-19)15-27-24(29)21-13-14-22(25)28-23(21)26/h5-14,17H,3-4,15H2,1-2H3,(H2,26,28)(H,27,29). The molecular formula is C24H26FN3O2. The second-order valence-corrected chi connectivity index (χ2v) is 7.08. The first kappa shape index (κ1) is 21.3. The first-order chi connectivity index (χ1) is 14.5. The molecule has 30 heavy (non-hydrogen) atoms. The zero-order valence-electron chi connectivity index (χ0n) is 17.2. The van der Waals surface area contributed by atoms with E-state index in [1.54, 1.807) is 0 Å². The molecule has 0 atom stereocenters. The summed E-state index contributed by atoms with van der Waals surface area (Å²) in [7, 11) is 0. The van der Waals surface area contributed by atoms with Gasteiger partial charge >= 0.3 is 0 Å². The number of hydrogen-bond acceptors (Lipinski definition) is 4. The number of nitrogen functional groups attached to an aromatic ring is 1. The van der Waals surface area contributed by atoms with Gasteiger partial charge in [-0.1, -0.05) is 38.1 Å². The Kier molecular flexibility index (Phi) is 7.01. The number of benzene rings is 2. The van der Waals surface area contributed by atoms with E-state index in [-0.39, 0.29) is 11.4 Å². The highest BCUT2D eigenvalue weighted by atomic mass is 19.1. The van der Waals surface area contributed by atoms with Crippen LogP contribution in [0, 0.1) is 5.95 Å². The van der Waals surface area contributed by atoms with Crippen LogP contribution in [0.3, 0.4) is 0 Å². The number of nitrogens with two attached hydrogens (primary N) is 1. The van der Waals surface area contributed by atoms with Crippen molar-refractivity contribution in [3.63, 3.8) is 0 Å². The summed E-state index contributed by atoms with van der Waals surface area (Å²) >= 11 is 0. The molecule has 6 heteroatoms. The van der Waals surface area contributed by atoms with E-state index in [9.17, 15) is 9.18 Å². The summed E-state index contributed by atoms with van der Waals surface area (Å²) in [5.74, 6) is 0.820. The van der Waals surface area contributed by atoms with Crippen LogP contribution in [0.2, 0.25) is 0 Å². The number of pyridine rings is 1. The fraction of sp³-hybridized carbons (Fsp3) is 0.250. The molecule has 1 aromatic heterocycles. The van der Waals surface area contributed by atoms with Gasteiger partial charge in [-0.2, -0.15) is 4.39 Å². The summed E-state index contributed by atoms with van der Waals surface area (Å²) in [6.45, 7) is 4.71. The number of carbonyl (C=O) groups excluding carboxylic acids is 1. The molecule has 5 nitrogen and oxygen atoms in total. The molecule has 0 aliphatic rings. The molecule has 0 saturated carbocycles. The van der Waals surface area contributed by atoms with Crippen molar-refractivity contribution >= 4 is 11.7 Å². The van der Waals surface area contributed by atoms with Gasteiger partial charge in [0.1, 0.15) is 17.3 Å². The van der Waals surface area contributed by atoms with Gasteiger partial charge in [-0.25, -0.2) is 4.98 Å². The fourth-order valence-corrected chi connectivity index (χ4v) is 3.30. The van der Waals surface area contributed by atoms with Crippen LogP contribution in [0.15, 0.2) is 60.7 Å². The van der Waals surface area contributed by atoms with E-state index in [0.717, 1.165) is 30.2 Å². The number of halogens is 1. The van der Waals surface area contributed by atoms with Gasteiger partial charge in [0.05, 0.1) is 5.56 Å². The molecule has 0 aliphatic carbocycles. The van der Waals surface area contributed by atoms with Crippen LogP contribution in [0.4, 0.5) is 10.2 Å². The minimum Gasteiger partial charge on any atom is -0.457 e. The van der Waals surface area contributed by atoms with Gasteiger partial charge in [0.2, 0.25) is 5.95 Å². The van der Waals surface area contributed by atoms with Gasteiger partial charge in [-0.05, 0) is 66.3 Å². The number of carbonyl (C=O) groups is 1. The number of ether oxygens (including phenoxy) is 1. The number of rotatable bonds is 8. The maximum Gasteiger partial charge on any atom is 0.255 e. The monoisotopic (exact) mass is 407 g/mol. The molecule has 2 aromatic carbocycles. The van der Waals surface area contributed by atoms with Crippen LogP contribution in [-0.4, -0.2) is 10.9 Å². The molecule has 0 fully saturated rings. The highest BCUT2D eigenvalue weighted by Crippen LogP contribution is 2.27. The minimum atomic E-state index is -0.718. The Balaban J connectivity index is 1.56. The molecule has 156 valence electrons. The van der Waals surface area contributed by atoms with Crippen LogP contribution >= 0.6 is 0 Å². The van der Waals surface area contributed by atoms with Crippen molar-refractivity contribution in [2.24, 2.45) is 0 Å². The predicted octanol–water partition coefficient (Wildman–Crippen LogP) is 5.43. The molecule has 0 spiro atoms. The molecule has 0 unspecified atom stereocenters. The van der Waals surface area contributed by atoms with Crippen LogP contribution in [0.25, 0.3) is 0 Å². The lowest BCUT2D eigenvalue weighted by molar-refractivity contribution is 0.0951. The number of anilines is 1. The van der Waals surface area contributed by atoms with E-state index < -0.39 is 11.9 Å². The summed E-state index contributed by atoms with van der Waals surface area (Å²) < 4.78 is 18.9. The molecule has 0 aliphatic heterocycles. The van der Waals surface area contributed by atoms with Crippen molar-refractivity contribution in [3.05, 3.63) is 83.3 Å². The number of nitrogens with zero attached hydrogens (tertiary/aromatic N) is 1. The zero-order chi connectivity index (χ0) is 21.5. The molecule has 3 N–H and O–H groups in total. The van der Waals surface area contributed by atoms with Gasteiger partial charge in [-0.3, -0.25) is 4.79 Å². The van der Waals surface area contributed by atoms with Crippen molar-refractivity contribution in [1.29, 1.82) is 0 Å². The Labute approximate surface area is 176 Å². The first-order valence-corrected chi connectivity index (χ1v) is 10.1. The fourth-order valence-electron chi connectivity index (χ4n) is 3.30. The minimum absolute atomic E-state index is 0.133. The third-order valence-corrected chi connectivity index (χ3v) is 5.08. The van der Waals surface area contributed by atoms with Crippen molar-refractivity contribution < 1.29 is 13.9 Å². The average molecular weight is 407 g/mol. The van der Waals surface area contributed by atoms with Crippen LogP contribution in [0.5, 0.6) is 11.5 Å². The summed E-state index contributed by atoms with van der Waals surface area (Å²) in [5, 5.41) is 2.75. The van der Waals surface area contributed by atoms with E-state index >= 15 is 0 Å². The second-order valence-electron chi connectivity index (χ2n) is 7.08. The quantitative estimate of drug-likeness (QED) is 0.488. The van der Waals surface area contributed by atoms with E-state index in [2.05, 4.69) is 36.3 Å². The van der Waals surface area contributed by atoms with Crippen LogP contribution in [-0.2, 0) is 6.54 Å². The Morgan fingerprint density at radius 1 is 1.00 bits per heavy atom. The Morgan fingerprint density at radius 3 is 2.17 bits per heavy atom. The molecule has 0 saturated heterocycles. The van der Waals surface area contributed by atoms with Crippen molar-refractivity contribution in [3.8, 4) is 11.5 Å². The lowest BCUT2D eigenvalue weighted by Crippen LogP contribution is -2.24. The van der Waals surface area contributed by atoms with Crippen LogP contribution in [0.1, 0.15) is 54.1 Å². The zero-order valence-corrected chi connectivity index (χ0v) is 17.2. The highest BCUT2D eigenvalue weighted by molar-refractivity contribution is 5.98. The molecule has 0 bridgehead atoms. The molecule has 3 aromatic rings. The van der Waals surface area contributed by atoms with E-state index in [4.69, 9.17) is 10.5 Å². The molecule has 3 rings (SSSR count). The smallest absolute Gasteiger partial charge is 0.255 e. The van der Waals surface area contributed by atoms with Crippen molar-refractivity contribution in [2.75, 3.05) is 5.73 Å². The Hall–Kier alpha value is -3.41. The number of amides is 1.